The largest absolute Gasteiger partial charge is 0.522 e. The van der Waals surface area contributed by atoms with Gasteiger partial charge in [-0.25, -0.2) is 4.98 Å². The van der Waals surface area contributed by atoms with Crippen molar-refractivity contribution in [1.29, 1.82) is 0 Å². The first-order valence-corrected chi connectivity index (χ1v) is 16.8. The third kappa shape index (κ3) is 6.73. The van der Waals surface area contributed by atoms with E-state index in [-0.39, 0.29) is 26.5 Å². The fourth-order valence-corrected chi connectivity index (χ4v) is 6.39. The number of hydrogen-bond donors (Lipinski definition) is 0. The Hall–Kier alpha value is -5.06. The smallest absolute Gasteiger partial charge is 0.269 e. The van der Waals surface area contributed by atoms with E-state index in [1.165, 1.54) is 5.56 Å². The zero-order chi connectivity index (χ0) is 36.4. The van der Waals surface area contributed by atoms with E-state index in [1.807, 2.05) is 96.8 Å². The van der Waals surface area contributed by atoms with Crippen molar-refractivity contribution in [1.82, 2.24) is 19.1 Å². The molecule has 258 valence electrons. The van der Waals surface area contributed by atoms with Crippen molar-refractivity contribution < 1.29 is 33.1 Å². The van der Waals surface area contributed by atoms with Crippen molar-refractivity contribution in [2.24, 2.45) is 5.41 Å². The maximum Gasteiger partial charge on any atom is 0.269 e. The average Bonchev–Trinajstić information content (AvgIpc) is 3.67. The topological polar surface area (TPSA) is 48.8 Å². The monoisotopic (exact) mass is 850 g/mol. The Morgan fingerprint density at radius 2 is 1.49 bits per heavy atom. The Morgan fingerprint density at radius 1 is 0.745 bits per heavy atom. The normalized spacial score (nSPS) is 12.9. The molecule has 8 aromatic rings. The predicted octanol–water partition coefficient (Wildman–Crippen LogP) is 9.87. The van der Waals surface area contributed by atoms with Gasteiger partial charge in [0.05, 0.1) is 22.5 Å². The second-order valence-corrected chi connectivity index (χ2v) is 14.6. The van der Waals surface area contributed by atoms with Crippen LogP contribution >= 0.6 is 0 Å². The molecular formula is C44H39N5OPt-2. The van der Waals surface area contributed by atoms with Crippen LogP contribution in [0.1, 0.15) is 55.4 Å². The van der Waals surface area contributed by atoms with Crippen LogP contribution in [0.15, 0.2) is 116 Å². The van der Waals surface area contributed by atoms with Crippen LogP contribution in [0.3, 0.4) is 0 Å². The van der Waals surface area contributed by atoms with E-state index >= 15 is 0 Å². The van der Waals surface area contributed by atoms with Crippen LogP contribution in [0.2, 0.25) is 0 Å². The summed E-state index contributed by atoms with van der Waals surface area (Å²) in [5.41, 5.74) is 5.68. The molecule has 8 rings (SSSR count). The molecule has 0 amide bonds. The van der Waals surface area contributed by atoms with Crippen molar-refractivity contribution >= 4 is 32.8 Å². The first kappa shape index (κ1) is 31.9. The molecule has 0 saturated heterocycles. The summed E-state index contributed by atoms with van der Waals surface area (Å²) in [4.78, 5) is 9.45. The quantitative estimate of drug-likeness (QED) is 0.124. The van der Waals surface area contributed by atoms with Gasteiger partial charge in [-0.05, 0) is 64.2 Å². The van der Waals surface area contributed by atoms with Gasteiger partial charge in [0.15, 0.2) is 0 Å². The average molecular weight is 851 g/mol. The summed E-state index contributed by atoms with van der Waals surface area (Å²) < 4.78 is 30.1. The third-order valence-electron chi connectivity index (χ3n) is 8.67. The van der Waals surface area contributed by atoms with E-state index in [1.54, 1.807) is 12.3 Å². The predicted molar refractivity (Wildman–Crippen MR) is 200 cm³/mol. The number of ether oxygens (including phenoxy) is 1. The standard InChI is InChI=1S/C44H39N5O.Pt/c1-43(2,3)28-30-12-11-13-32(24-30)47-29-48(39-17-10-9-16-38(39)47)41-27-34(21-23-45-41)50-33-18-19-36-35-14-7-8-15-37(35)49(40(36)26-33)42-25-31(20-22-46-42)44(4,5)6;/h7-25H,28H2,1-6H3;/q-2;/i28D2;. The zero-order valence-electron chi connectivity index (χ0n) is 31.4. The number of aromatic nitrogens is 5. The van der Waals surface area contributed by atoms with Gasteiger partial charge in [-0.3, -0.25) is 14.1 Å². The Kier molecular flexibility index (Phi) is 8.28. The molecule has 4 heterocycles. The van der Waals surface area contributed by atoms with E-state index in [2.05, 4.69) is 85.2 Å². The number of fused-ring (bicyclic) bond motifs is 4. The molecule has 0 bridgehead atoms. The van der Waals surface area contributed by atoms with Crippen LogP contribution in [-0.2, 0) is 32.9 Å². The number of imidazole rings is 1. The maximum absolute atomic E-state index is 8.86. The summed E-state index contributed by atoms with van der Waals surface area (Å²) >= 11 is 0. The van der Waals surface area contributed by atoms with Crippen LogP contribution in [0.5, 0.6) is 11.5 Å². The van der Waals surface area contributed by atoms with Gasteiger partial charge in [0, 0.05) is 41.3 Å². The Balaban J connectivity index is 0.00000435. The molecule has 0 atom stereocenters. The molecule has 0 aliphatic rings. The van der Waals surface area contributed by atoms with Crippen molar-refractivity contribution in [3.8, 4) is 28.8 Å². The minimum Gasteiger partial charge on any atom is -0.522 e. The molecule has 0 unspecified atom stereocenters. The molecule has 4 aromatic heterocycles. The Bertz CT molecular complexity index is 2630. The molecular weight excluding hydrogens is 810 g/mol. The van der Waals surface area contributed by atoms with E-state index in [9.17, 15) is 0 Å². The summed E-state index contributed by atoms with van der Waals surface area (Å²) in [5.74, 6) is 2.35. The fraction of sp³-hybridized carbons (Fsp3) is 0.205. The van der Waals surface area contributed by atoms with Gasteiger partial charge in [-0.2, -0.15) is 18.2 Å². The maximum atomic E-state index is 8.86. The van der Waals surface area contributed by atoms with Gasteiger partial charge in [0.2, 0.25) is 0 Å². The molecule has 0 aliphatic carbocycles. The van der Waals surface area contributed by atoms with Crippen LogP contribution in [0.25, 0.3) is 50.2 Å². The summed E-state index contributed by atoms with van der Waals surface area (Å²) in [6.45, 7) is 12.4. The first-order chi connectivity index (χ1) is 24.8. The minimum atomic E-state index is -1.54. The van der Waals surface area contributed by atoms with Crippen molar-refractivity contribution in [3.05, 3.63) is 145 Å². The van der Waals surface area contributed by atoms with E-state index < -0.39 is 11.8 Å². The molecule has 0 saturated carbocycles. The number of hydrogen-bond acceptors (Lipinski definition) is 3. The van der Waals surface area contributed by atoms with Gasteiger partial charge >= 0.3 is 0 Å². The minimum absolute atomic E-state index is 0. The molecule has 51 heavy (non-hydrogen) atoms. The molecule has 6 nitrogen and oxygen atoms in total. The molecule has 7 heteroatoms. The van der Waals surface area contributed by atoms with Gasteiger partial charge in [0.25, 0.3) is 6.33 Å². The van der Waals surface area contributed by atoms with Crippen LogP contribution in [0, 0.1) is 23.9 Å². The number of rotatable bonds is 6. The molecule has 0 fully saturated rings. The zero-order valence-corrected chi connectivity index (χ0v) is 31.7. The van der Waals surface area contributed by atoms with E-state index in [0.29, 0.717) is 22.9 Å². The molecule has 4 aromatic carbocycles. The number of para-hydroxylation sites is 3. The van der Waals surface area contributed by atoms with Crippen molar-refractivity contribution in [3.63, 3.8) is 0 Å². The summed E-state index contributed by atoms with van der Waals surface area (Å²) in [5, 5.41) is 2.17. The Morgan fingerprint density at radius 3 is 2.29 bits per heavy atom. The number of benzene rings is 4. The molecule has 0 spiro atoms. The third-order valence-corrected chi connectivity index (χ3v) is 8.67. The van der Waals surface area contributed by atoms with Gasteiger partial charge in [0.1, 0.15) is 5.82 Å². The van der Waals surface area contributed by atoms with E-state index in [4.69, 9.17) is 12.5 Å². The number of nitrogens with zero attached hydrogens (tertiary/aromatic N) is 5. The van der Waals surface area contributed by atoms with E-state index in [0.717, 1.165) is 44.3 Å². The van der Waals surface area contributed by atoms with Gasteiger partial charge in [-0.15, -0.1) is 17.5 Å². The summed E-state index contributed by atoms with van der Waals surface area (Å²) in [7, 11) is 0. The van der Waals surface area contributed by atoms with Crippen molar-refractivity contribution in [2.45, 2.75) is 53.3 Å². The fourth-order valence-electron chi connectivity index (χ4n) is 6.39. The van der Waals surface area contributed by atoms with Crippen LogP contribution in [0.4, 0.5) is 0 Å². The van der Waals surface area contributed by atoms with Gasteiger partial charge < -0.3 is 9.30 Å². The first-order valence-electron chi connectivity index (χ1n) is 17.8. The SMILES string of the molecule is [2H]C([2H])(c1cccc(-[n+]2[c-]n(-c3[c-]c(Oc4[c-]c5c(cc4)c4ccccc4n5-c4cc(C(C)(C)C)ccn4)ccn3)c3ccccc32)c1)C(C)(C)C.[Pt]. The molecule has 0 N–H and O–H groups in total. The van der Waals surface area contributed by atoms with Crippen LogP contribution < -0.4 is 9.30 Å². The number of pyridine rings is 2. The summed E-state index contributed by atoms with van der Waals surface area (Å²) in [6.07, 6.45) is 5.49. The molecule has 0 radical (unpaired) electrons. The molecule has 0 aliphatic heterocycles. The second kappa shape index (κ2) is 13.2. The second-order valence-electron chi connectivity index (χ2n) is 14.6. The Labute approximate surface area is 316 Å². The summed E-state index contributed by atoms with van der Waals surface area (Å²) in [6, 6.07) is 40.8. The van der Waals surface area contributed by atoms with Crippen LogP contribution in [-0.4, -0.2) is 19.1 Å². The van der Waals surface area contributed by atoms with Crippen molar-refractivity contribution in [2.75, 3.05) is 0 Å². The van der Waals surface area contributed by atoms with Gasteiger partial charge in [-0.1, -0.05) is 113 Å².